The van der Waals surface area contributed by atoms with Crippen molar-refractivity contribution in [2.45, 2.75) is 84.3 Å². The lowest BCUT2D eigenvalue weighted by Crippen LogP contribution is -2.61. The number of nitrogens with one attached hydrogen (secondary N) is 1. The number of nitrogens with two attached hydrogens (primary N) is 1. The van der Waals surface area contributed by atoms with Gasteiger partial charge in [0.15, 0.2) is 0 Å². The van der Waals surface area contributed by atoms with E-state index in [1.807, 2.05) is 0 Å². The van der Waals surface area contributed by atoms with E-state index in [9.17, 15) is 4.79 Å². The summed E-state index contributed by atoms with van der Waals surface area (Å²) < 4.78 is 0. The fraction of sp³-hybridized carbons (Fsp3) is 0.941. The van der Waals surface area contributed by atoms with Gasteiger partial charge in [-0.3, -0.25) is 4.79 Å². The van der Waals surface area contributed by atoms with Crippen molar-refractivity contribution < 1.29 is 4.79 Å². The van der Waals surface area contributed by atoms with Crippen LogP contribution in [0.2, 0.25) is 0 Å². The summed E-state index contributed by atoms with van der Waals surface area (Å²) in [5.74, 6) is -0.183. The molecule has 1 amide bonds. The van der Waals surface area contributed by atoms with Crippen molar-refractivity contribution in [3.05, 3.63) is 0 Å². The van der Waals surface area contributed by atoms with Crippen LogP contribution in [0, 0.1) is 5.41 Å². The van der Waals surface area contributed by atoms with Crippen LogP contribution < -0.4 is 11.1 Å². The molecule has 1 rings (SSSR count). The third kappa shape index (κ3) is 4.43. The monoisotopic (exact) mass is 297 g/mol. The van der Waals surface area contributed by atoms with Gasteiger partial charge in [-0.05, 0) is 58.0 Å². The maximum Gasteiger partial charge on any atom is 0.237 e. The van der Waals surface area contributed by atoms with E-state index in [-0.39, 0.29) is 11.3 Å². The second kappa shape index (κ2) is 7.10. The van der Waals surface area contributed by atoms with Crippen LogP contribution in [-0.4, -0.2) is 42.0 Å². The highest BCUT2D eigenvalue weighted by atomic mass is 16.1. The zero-order valence-electron chi connectivity index (χ0n) is 14.8. The van der Waals surface area contributed by atoms with E-state index in [1.54, 1.807) is 0 Å². The fourth-order valence-corrected chi connectivity index (χ4v) is 3.36. The molecule has 1 aliphatic rings. The van der Waals surface area contributed by atoms with Crippen LogP contribution in [-0.2, 0) is 4.79 Å². The van der Waals surface area contributed by atoms with Gasteiger partial charge in [-0.25, -0.2) is 0 Å². The van der Waals surface area contributed by atoms with E-state index in [4.69, 9.17) is 5.73 Å². The van der Waals surface area contributed by atoms with Crippen molar-refractivity contribution in [3.8, 4) is 0 Å². The summed E-state index contributed by atoms with van der Waals surface area (Å²) in [5.41, 5.74) is 5.47. The van der Waals surface area contributed by atoms with Crippen molar-refractivity contribution >= 4 is 5.91 Å². The largest absolute Gasteiger partial charge is 0.368 e. The van der Waals surface area contributed by atoms with Crippen molar-refractivity contribution in [1.29, 1.82) is 0 Å². The Bertz CT molecular complexity index is 350. The highest BCUT2D eigenvalue weighted by molar-refractivity contribution is 5.84. The quantitative estimate of drug-likeness (QED) is 0.792. The minimum Gasteiger partial charge on any atom is -0.368 e. The Morgan fingerprint density at radius 1 is 1.48 bits per heavy atom. The highest BCUT2D eigenvalue weighted by Crippen LogP contribution is 2.34. The van der Waals surface area contributed by atoms with Gasteiger partial charge in [0, 0.05) is 12.1 Å². The first-order valence-electron chi connectivity index (χ1n) is 8.41. The van der Waals surface area contributed by atoms with Crippen LogP contribution in [0.15, 0.2) is 0 Å². The molecule has 0 aromatic heterocycles. The Balaban J connectivity index is 2.84. The summed E-state index contributed by atoms with van der Waals surface area (Å²) >= 11 is 0. The zero-order chi connectivity index (χ0) is 16.3. The summed E-state index contributed by atoms with van der Waals surface area (Å²) in [7, 11) is 2.19. The van der Waals surface area contributed by atoms with Crippen molar-refractivity contribution in [2.75, 3.05) is 13.6 Å². The zero-order valence-corrected chi connectivity index (χ0v) is 14.8. The second-order valence-corrected chi connectivity index (χ2v) is 7.83. The van der Waals surface area contributed by atoms with Gasteiger partial charge in [0.05, 0.1) is 5.54 Å². The Morgan fingerprint density at radius 2 is 2.10 bits per heavy atom. The molecule has 124 valence electrons. The summed E-state index contributed by atoms with van der Waals surface area (Å²) in [6, 6.07) is 0.891. The van der Waals surface area contributed by atoms with Gasteiger partial charge in [-0.15, -0.1) is 0 Å². The SMILES string of the molecule is CCCNC1(C(N)=O)CCCC(N(C)C(C)C(C)(C)C)C1. The standard InChI is InChI=1S/C17H35N3O/c1-7-11-19-17(15(18)21)10-8-9-14(12-17)20(6)13(2)16(3,4)5/h13-14,19H,7-12H2,1-6H3,(H2,18,21). The molecule has 1 saturated carbocycles. The van der Waals surface area contributed by atoms with E-state index in [2.05, 4.69) is 51.9 Å². The van der Waals surface area contributed by atoms with Gasteiger partial charge in [-0.2, -0.15) is 0 Å². The molecule has 3 unspecified atom stereocenters. The van der Waals surface area contributed by atoms with E-state index >= 15 is 0 Å². The smallest absolute Gasteiger partial charge is 0.237 e. The molecular weight excluding hydrogens is 262 g/mol. The lowest BCUT2D eigenvalue weighted by molar-refractivity contribution is -0.127. The number of carbonyl (C=O) groups is 1. The molecule has 4 heteroatoms. The molecule has 0 spiro atoms. The summed E-state index contributed by atoms with van der Waals surface area (Å²) in [6.07, 6.45) is 4.94. The Morgan fingerprint density at radius 3 is 2.57 bits per heavy atom. The third-order valence-electron chi connectivity index (χ3n) is 5.35. The average Bonchev–Trinajstić information content (AvgIpc) is 2.42. The first kappa shape index (κ1) is 18.4. The van der Waals surface area contributed by atoms with Gasteiger partial charge in [0.25, 0.3) is 0 Å². The minimum atomic E-state index is -0.509. The predicted octanol–water partition coefficient (Wildman–Crippen LogP) is 2.52. The molecule has 0 bridgehead atoms. The van der Waals surface area contributed by atoms with Gasteiger partial charge in [-0.1, -0.05) is 27.7 Å². The molecule has 0 aliphatic heterocycles. The lowest BCUT2D eigenvalue weighted by Gasteiger charge is -2.46. The molecular formula is C17H35N3O. The Kier molecular flexibility index (Phi) is 6.23. The number of nitrogens with zero attached hydrogens (tertiary/aromatic N) is 1. The maximum absolute atomic E-state index is 12.1. The molecule has 0 aromatic rings. The minimum absolute atomic E-state index is 0.183. The third-order valence-corrected chi connectivity index (χ3v) is 5.35. The Hall–Kier alpha value is -0.610. The average molecular weight is 297 g/mol. The van der Waals surface area contributed by atoms with Gasteiger partial charge in [0.1, 0.15) is 0 Å². The molecule has 4 nitrogen and oxygen atoms in total. The van der Waals surface area contributed by atoms with Crippen molar-refractivity contribution in [1.82, 2.24) is 10.2 Å². The second-order valence-electron chi connectivity index (χ2n) is 7.83. The normalized spacial score (nSPS) is 28.6. The van der Waals surface area contributed by atoms with Crippen LogP contribution in [0.1, 0.15) is 66.7 Å². The number of rotatable bonds is 6. The molecule has 1 fully saturated rings. The van der Waals surface area contributed by atoms with Gasteiger partial charge < -0.3 is 16.0 Å². The molecule has 0 aromatic carbocycles. The molecule has 3 atom stereocenters. The van der Waals surface area contributed by atoms with Crippen LogP contribution in [0.25, 0.3) is 0 Å². The first-order valence-corrected chi connectivity index (χ1v) is 8.41. The molecule has 21 heavy (non-hydrogen) atoms. The molecule has 1 aliphatic carbocycles. The maximum atomic E-state index is 12.1. The molecule has 0 heterocycles. The van der Waals surface area contributed by atoms with E-state index in [0.717, 1.165) is 38.6 Å². The van der Waals surface area contributed by atoms with Gasteiger partial charge in [0.2, 0.25) is 5.91 Å². The van der Waals surface area contributed by atoms with Crippen molar-refractivity contribution in [3.63, 3.8) is 0 Å². The number of carbonyl (C=O) groups excluding carboxylic acids is 1. The van der Waals surface area contributed by atoms with Gasteiger partial charge >= 0.3 is 0 Å². The van der Waals surface area contributed by atoms with E-state index < -0.39 is 5.54 Å². The summed E-state index contributed by atoms with van der Waals surface area (Å²) in [4.78, 5) is 14.5. The van der Waals surface area contributed by atoms with Crippen LogP contribution in [0.5, 0.6) is 0 Å². The molecule has 0 saturated heterocycles. The molecule has 0 radical (unpaired) electrons. The topological polar surface area (TPSA) is 58.4 Å². The van der Waals surface area contributed by atoms with E-state index in [1.165, 1.54) is 0 Å². The van der Waals surface area contributed by atoms with Crippen LogP contribution in [0.4, 0.5) is 0 Å². The number of hydrogen-bond acceptors (Lipinski definition) is 3. The highest BCUT2D eigenvalue weighted by Gasteiger charge is 2.43. The molecule has 3 N–H and O–H groups in total. The lowest BCUT2D eigenvalue weighted by atomic mass is 9.76. The van der Waals surface area contributed by atoms with Crippen LogP contribution >= 0.6 is 0 Å². The number of hydrogen-bond donors (Lipinski definition) is 2. The van der Waals surface area contributed by atoms with E-state index in [0.29, 0.717) is 12.1 Å². The van der Waals surface area contributed by atoms with Crippen molar-refractivity contribution in [2.24, 2.45) is 11.1 Å². The number of primary amides is 1. The number of amides is 1. The van der Waals surface area contributed by atoms with Crippen LogP contribution in [0.3, 0.4) is 0 Å². The summed E-state index contributed by atoms with van der Waals surface area (Å²) in [6.45, 7) is 12.1. The first-order chi connectivity index (χ1) is 9.64. The predicted molar refractivity (Wildman–Crippen MR) is 89.2 cm³/mol. The fourth-order valence-electron chi connectivity index (χ4n) is 3.36. The Labute approximate surface area is 130 Å². The summed E-state index contributed by atoms with van der Waals surface area (Å²) in [5, 5.41) is 3.45.